The number of nitrogen functional groups attached to an aromatic ring is 1. The van der Waals surface area contributed by atoms with Crippen molar-refractivity contribution in [3.05, 3.63) is 28.1 Å². The highest BCUT2D eigenvalue weighted by atomic mass is 35.5. The number of rotatable bonds is 1. The van der Waals surface area contributed by atoms with Gasteiger partial charge in [0, 0.05) is 15.6 Å². The molecule has 0 spiro atoms. The topological polar surface area (TPSA) is 55.1 Å². The van der Waals surface area contributed by atoms with Crippen molar-refractivity contribution in [1.82, 2.24) is 5.32 Å². The first-order chi connectivity index (χ1) is 8.29. The Balaban J connectivity index is 2.50. The second kappa shape index (κ2) is 4.44. The molecule has 0 atom stereocenters. The highest BCUT2D eigenvalue weighted by molar-refractivity contribution is 7.21. The van der Waals surface area contributed by atoms with Gasteiger partial charge in [0.15, 0.2) is 0 Å². The number of amides is 1. The Labute approximate surface area is 115 Å². The number of nitrogens with two attached hydrogens (primary N) is 1. The third-order valence-electron chi connectivity index (χ3n) is 2.40. The number of halogens is 1. The smallest absolute Gasteiger partial charge is 0.263 e. The van der Waals surface area contributed by atoms with Gasteiger partial charge in [0.2, 0.25) is 0 Å². The van der Waals surface area contributed by atoms with Gasteiger partial charge in [-0.1, -0.05) is 17.7 Å². The summed E-state index contributed by atoms with van der Waals surface area (Å²) >= 11 is 7.47. The van der Waals surface area contributed by atoms with Crippen molar-refractivity contribution in [2.75, 3.05) is 5.73 Å². The predicted molar refractivity (Wildman–Crippen MR) is 78.5 cm³/mol. The Morgan fingerprint density at radius 2 is 2.06 bits per heavy atom. The minimum absolute atomic E-state index is 0.155. The lowest BCUT2D eigenvalue weighted by Crippen LogP contribution is -2.40. The van der Waals surface area contributed by atoms with E-state index in [2.05, 4.69) is 5.32 Å². The van der Waals surface area contributed by atoms with Crippen LogP contribution in [0.25, 0.3) is 10.1 Å². The first-order valence-corrected chi connectivity index (χ1v) is 6.78. The monoisotopic (exact) mass is 282 g/mol. The van der Waals surface area contributed by atoms with Crippen LogP contribution in [0.1, 0.15) is 30.4 Å². The third kappa shape index (κ3) is 2.44. The van der Waals surface area contributed by atoms with Gasteiger partial charge in [-0.05, 0) is 32.9 Å². The summed E-state index contributed by atoms with van der Waals surface area (Å²) in [7, 11) is 0. The molecular formula is C13H15ClN2OS. The normalized spacial score (nSPS) is 11.8. The lowest BCUT2D eigenvalue weighted by molar-refractivity contribution is 0.0924. The molecule has 0 saturated carbocycles. The minimum atomic E-state index is -0.288. The molecule has 1 heterocycles. The molecule has 5 heteroatoms. The zero-order chi connectivity index (χ0) is 13.5. The number of benzene rings is 1. The first kappa shape index (κ1) is 13.2. The Bertz CT molecular complexity index is 613. The lowest BCUT2D eigenvalue weighted by atomic mass is 10.1. The molecule has 0 aliphatic rings. The molecule has 3 nitrogen and oxygen atoms in total. The van der Waals surface area contributed by atoms with E-state index in [0.717, 1.165) is 10.1 Å². The zero-order valence-corrected chi connectivity index (χ0v) is 12.1. The standard InChI is InChI=1S/C13H15ClN2OS/c1-13(2,3)16-12(17)11-10(15)9-7(14)5-4-6-8(9)18-11/h4-6H,15H2,1-3H3,(H,16,17). The van der Waals surface area contributed by atoms with Crippen molar-refractivity contribution < 1.29 is 4.79 Å². The van der Waals surface area contributed by atoms with Crippen LogP contribution in [0, 0.1) is 0 Å². The Morgan fingerprint density at radius 3 is 2.61 bits per heavy atom. The summed E-state index contributed by atoms with van der Waals surface area (Å²) < 4.78 is 0.930. The Morgan fingerprint density at radius 1 is 1.39 bits per heavy atom. The number of thiophene rings is 1. The van der Waals surface area contributed by atoms with E-state index in [1.54, 1.807) is 6.07 Å². The van der Waals surface area contributed by atoms with Crippen molar-refractivity contribution in [3.8, 4) is 0 Å². The van der Waals surface area contributed by atoms with E-state index in [9.17, 15) is 4.79 Å². The van der Waals surface area contributed by atoms with Gasteiger partial charge in [-0.2, -0.15) is 0 Å². The second-order valence-electron chi connectivity index (χ2n) is 5.16. The molecule has 1 amide bonds. The number of anilines is 1. The molecule has 0 fully saturated rings. The molecule has 0 bridgehead atoms. The van der Waals surface area contributed by atoms with Crippen LogP contribution < -0.4 is 11.1 Å². The van der Waals surface area contributed by atoms with Gasteiger partial charge in [-0.25, -0.2) is 0 Å². The molecule has 3 N–H and O–H groups in total. The highest BCUT2D eigenvalue weighted by Gasteiger charge is 2.21. The van der Waals surface area contributed by atoms with Crippen LogP contribution >= 0.6 is 22.9 Å². The molecule has 2 rings (SSSR count). The average molecular weight is 283 g/mol. The summed E-state index contributed by atoms with van der Waals surface area (Å²) in [6.07, 6.45) is 0. The van der Waals surface area contributed by atoms with Crippen LogP contribution in [0.5, 0.6) is 0 Å². The number of fused-ring (bicyclic) bond motifs is 1. The van der Waals surface area contributed by atoms with E-state index in [1.807, 2.05) is 32.9 Å². The van der Waals surface area contributed by atoms with Gasteiger partial charge in [0.1, 0.15) is 4.88 Å². The number of hydrogen-bond acceptors (Lipinski definition) is 3. The van der Waals surface area contributed by atoms with Crippen molar-refractivity contribution in [3.63, 3.8) is 0 Å². The van der Waals surface area contributed by atoms with Gasteiger partial charge in [0.25, 0.3) is 5.91 Å². The van der Waals surface area contributed by atoms with Crippen molar-refractivity contribution in [2.45, 2.75) is 26.3 Å². The minimum Gasteiger partial charge on any atom is -0.397 e. The maximum Gasteiger partial charge on any atom is 0.263 e. The number of carbonyl (C=O) groups is 1. The number of hydrogen-bond donors (Lipinski definition) is 2. The predicted octanol–water partition coefficient (Wildman–Crippen LogP) is 3.67. The fourth-order valence-electron chi connectivity index (χ4n) is 1.70. The number of nitrogens with one attached hydrogen (secondary N) is 1. The first-order valence-electron chi connectivity index (χ1n) is 5.58. The van der Waals surface area contributed by atoms with Crippen LogP contribution in [0.15, 0.2) is 18.2 Å². The van der Waals surface area contributed by atoms with E-state index in [-0.39, 0.29) is 11.4 Å². The summed E-state index contributed by atoms with van der Waals surface area (Å²) in [5.41, 5.74) is 6.20. The molecule has 0 aliphatic heterocycles. The fraction of sp³-hybridized carbons (Fsp3) is 0.308. The molecular weight excluding hydrogens is 268 g/mol. The zero-order valence-electron chi connectivity index (χ0n) is 10.5. The Kier molecular flexibility index (Phi) is 3.25. The maximum atomic E-state index is 12.1. The molecule has 0 unspecified atom stereocenters. The lowest BCUT2D eigenvalue weighted by Gasteiger charge is -2.20. The van der Waals surface area contributed by atoms with Gasteiger partial charge in [-0.3, -0.25) is 4.79 Å². The fourth-order valence-corrected chi connectivity index (χ4v) is 3.07. The molecule has 0 saturated heterocycles. The third-order valence-corrected chi connectivity index (χ3v) is 3.88. The molecule has 2 aromatic rings. The second-order valence-corrected chi connectivity index (χ2v) is 6.62. The van der Waals surface area contributed by atoms with E-state index in [4.69, 9.17) is 17.3 Å². The van der Waals surface area contributed by atoms with Crippen LogP contribution in [-0.4, -0.2) is 11.4 Å². The van der Waals surface area contributed by atoms with Crippen molar-refractivity contribution in [2.24, 2.45) is 0 Å². The van der Waals surface area contributed by atoms with Gasteiger partial charge >= 0.3 is 0 Å². The van der Waals surface area contributed by atoms with Crippen LogP contribution in [0.3, 0.4) is 0 Å². The summed E-state index contributed by atoms with van der Waals surface area (Å²) in [6, 6.07) is 5.54. The maximum absolute atomic E-state index is 12.1. The highest BCUT2D eigenvalue weighted by Crippen LogP contribution is 2.38. The van der Waals surface area contributed by atoms with Crippen molar-refractivity contribution >= 4 is 44.6 Å². The largest absolute Gasteiger partial charge is 0.397 e. The quantitative estimate of drug-likeness (QED) is 0.838. The number of carbonyl (C=O) groups excluding carboxylic acids is 1. The molecule has 0 aliphatic carbocycles. The van der Waals surface area contributed by atoms with Crippen molar-refractivity contribution in [1.29, 1.82) is 0 Å². The van der Waals surface area contributed by atoms with Gasteiger partial charge in [-0.15, -0.1) is 11.3 Å². The Hall–Kier alpha value is -1.26. The summed E-state index contributed by atoms with van der Waals surface area (Å²) in [6.45, 7) is 5.80. The van der Waals surface area contributed by atoms with Gasteiger partial charge in [0.05, 0.1) is 10.7 Å². The van der Waals surface area contributed by atoms with E-state index >= 15 is 0 Å². The summed E-state index contributed by atoms with van der Waals surface area (Å²) in [5.74, 6) is -0.155. The van der Waals surface area contributed by atoms with E-state index in [1.165, 1.54) is 11.3 Å². The van der Waals surface area contributed by atoms with E-state index in [0.29, 0.717) is 15.6 Å². The van der Waals surface area contributed by atoms with E-state index < -0.39 is 0 Å². The van der Waals surface area contributed by atoms with Crippen LogP contribution in [-0.2, 0) is 0 Å². The van der Waals surface area contributed by atoms with Crippen LogP contribution in [0.4, 0.5) is 5.69 Å². The molecule has 0 radical (unpaired) electrons. The summed E-state index contributed by atoms with van der Waals surface area (Å²) in [4.78, 5) is 12.7. The molecule has 1 aromatic carbocycles. The molecule has 1 aromatic heterocycles. The average Bonchev–Trinajstić information content (AvgIpc) is 2.55. The SMILES string of the molecule is CC(C)(C)NC(=O)c1sc2cccc(Cl)c2c1N. The molecule has 18 heavy (non-hydrogen) atoms. The summed E-state index contributed by atoms with van der Waals surface area (Å²) in [5, 5.41) is 4.25. The molecule has 96 valence electrons. The van der Waals surface area contributed by atoms with Crippen LogP contribution in [0.2, 0.25) is 5.02 Å². The van der Waals surface area contributed by atoms with Gasteiger partial charge < -0.3 is 11.1 Å².